The van der Waals surface area contributed by atoms with Gasteiger partial charge in [0.15, 0.2) is 34.9 Å². The van der Waals surface area contributed by atoms with Gasteiger partial charge in [0, 0.05) is 188 Å². The number of halogens is 21. The molecule has 8 atom stereocenters. The molecule has 8 aliphatic rings. The number of piperidine rings is 4. The summed E-state index contributed by atoms with van der Waals surface area (Å²) in [6, 6.07) is 19.4. The van der Waals surface area contributed by atoms with Crippen LogP contribution in [0.1, 0.15) is 171 Å². The summed E-state index contributed by atoms with van der Waals surface area (Å²) in [7, 11) is 0. The summed E-state index contributed by atoms with van der Waals surface area (Å²) in [4.78, 5) is 83.8. The van der Waals surface area contributed by atoms with E-state index in [9.17, 15) is 103 Å². The van der Waals surface area contributed by atoms with E-state index in [0.717, 1.165) is 64.1 Å². The summed E-state index contributed by atoms with van der Waals surface area (Å²) in [5.74, 6) is -7.13. The molecular weight excluding hydrogens is 1940 g/mol. The van der Waals surface area contributed by atoms with E-state index < -0.39 is 78.3 Å². The monoisotopic (exact) mass is 2030 g/mol. The van der Waals surface area contributed by atoms with Crippen LogP contribution in [0, 0.1) is 55.0 Å². The number of anilines is 2. The quantitative estimate of drug-likeness (QED) is 0.128. The van der Waals surface area contributed by atoms with E-state index in [1.165, 1.54) is 52.4 Å². The lowest BCUT2D eigenvalue weighted by Crippen LogP contribution is -2.52. The molecule has 4 saturated heterocycles. The average Bonchev–Trinajstić information content (AvgIpc) is 1.68. The summed E-state index contributed by atoms with van der Waals surface area (Å²) in [6.07, 6.45) is -17.9. The number of nitrogens with zero attached hydrogens (tertiary/aromatic N) is 24. The number of likely N-dealkylation sites (tertiary alicyclic amines) is 2. The Kier molecular flexibility index (Phi) is 27.9. The molecule has 0 saturated carbocycles. The molecule has 0 aliphatic carbocycles. The van der Waals surface area contributed by atoms with E-state index in [1.54, 1.807) is 32.6 Å². The number of benzene rings is 4. The molecule has 49 heteroatoms. The number of aryl methyl sites for hydroxylation is 2. The van der Waals surface area contributed by atoms with Gasteiger partial charge in [0.1, 0.15) is 11.3 Å². The second-order valence-electron chi connectivity index (χ2n) is 36.6. The molecular formula is C92H91Cl2F19N24O4. The Hall–Kier alpha value is -12.6. The van der Waals surface area contributed by atoms with Gasteiger partial charge in [0.05, 0.1) is 53.9 Å². The molecule has 4 fully saturated rings. The fraction of sp³-hybridized carbons (Fsp3) is 0.478. The SMILES string of the molecule is C[C@@H]1CC(c2c(Cl)cnc3cc(C(F)F)ccc23)CCN1C(=O)N1CCn2c(nnc2C(F)(F)F)C1.C[C@@H]1CC(c2c(F)cnc3cc(C(F)F)ccc23)CCN1C(=O)N1CCn2c(nnc2C(F)(F)F)C1.Cc1cc(N2CC[C@H](C(=O)N3CCn4c(nnc4C(F)(F)F)C3)[C@H](C)C2)c2ccc(Cl)cc2n1.Cc1cc(N2CC[C@H](C(=O)N3CCn4c(nnc4C(F)(F)F)C3)[C@H](C)C2)c2ccc(F)c(F)c2n1. The van der Waals surface area contributed by atoms with E-state index in [4.69, 9.17) is 23.2 Å². The molecule has 141 heavy (non-hydrogen) atoms. The van der Waals surface area contributed by atoms with Crippen LogP contribution in [0.5, 0.6) is 0 Å². The molecule has 0 radical (unpaired) electrons. The van der Waals surface area contributed by atoms with Crippen molar-refractivity contribution in [1.82, 2.24) is 108 Å². The highest BCUT2D eigenvalue weighted by atomic mass is 35.5. The lowest BCUT2D eigenvalue weighted by atomic mass is 9.84. The summed E-state index contributed by atoms with van der Waals surface area (Å²) < 4.78 is 257. The molecule has 8 aliphatic heterocycles. The second-order valence-corrected chi connectivity index (χ2v) is 37.5. The summed E-state index contributed by atoms with van der Waals surface area (Å²) in [6.45, 7) is 14.9. The number of hydrogen-bond acceptors (Lipinski definition) is 18. The Morgan fingerprint density at radius 1 is 0.397 bits per heavy atom. The van der Waals surface area contributed by atoms with Gasteiger partial charge in [-0.25, -0.2) is 45.3 Å². The molecule has 0 spiro atoms. The first-order valence-corrected chi connectivity index (χ1v) is 46.2. The van der Waals surface area contributed by atoms with Crippen molar-refractivity contribution in [3.63, 3.8) is 0 Å². The van der Waals surface area contributed by atoms with Crippen LogP contribution in [0.25, 0.3) is 43.6 Å². The Morgan fingerprint density at radius 2 is 0.780 bits per heavy atom. The van der Waals surface area contributed by atoms with Gasteiger partial charge in [-0.1, -0.05) is 61.3 Å². The first-order chi connectivity index (χ1) is 66.7. The van der Waals surface area contributed by atoms with E-state index in [1.807, 2.05) is 56.9 Å². The number of rotatable bonds is 8. The maximum absolute atomic E-state index is 14.9. The molecule has 0 N–H and O–H groups in total. The van der Waals surface area contributed by atoms with Crippen LogP contribution >= 0.6 is 23.2 Å². The number of pyridine rings is 4. The molecule has 20 rings (SSSR count). The summed E-state index contributed by atoms with van der Waals surface area (Å²) >= 11 is 12.6. The molecule has 0 bridgehead atoms. The van der Waals surface area contributed by atoms with Gasteiger partial charge in [0.25, 0.3) is 12.9 Å². The van der Waals surface area contributed by atoms with E-state index in [-0.39, 0.29) is 195 Å². The smallest absolute Gasteiger partial charge is 0.371 e. The normalized spacial score (nSPS) is 20.9. The highest BCUT2D eigenvalue weighted by Gasteiger charge is 2.48. The van der Waals surface area contributed by atoms with Crippen LogP contribution in [0.4, 0.5) is 104 Å². The fourth-order valence-electron chi connectivity index (χ4n) is 20.6. The highest BCUT2D eigenvalue weighted by Crippen LogP contribution is 2.46. The second kappa shape index (κ2) is 39.4. The van der Waals surface area contributed by atoms with Crippen molar-refractivity contribution in [2.75, 3.05) is 75.2 Å². The van der Waals surface area contributed by atoms with Gasteiger partial charge in [-0.3, -0.25) is 24.5 Å². The first kappa shape index (κ1) is 100.0. The van der Waals surface area contributed by atoms with Crippen molar-refractivity contribution in [3.05, 3.63) is 199 Å². The lowest BCUT2D eigenvalue weighted by molar-refractivity contribution is -0.149. The van der Waals surface area contributed by atoms with E-state index in [2.05, 4.69) is 78.6 Å². The predicted molar refractivity (Wildman–Crippen MR) is 474 cm³/mol. The maximum atomic E-state index is 14.9. The van der Waals surface area contributed by atoms with Crippen molar-refractivity contribution >= 4 is 102 Å². The molecule has 4 aromatic carbocycles. The fourth-order valence-corrected chi connectivity index (χ4v) is 21.1. The number of carbonyl (C=O) groups excluding carboxylic acids is 4. The number of fused-ring (bicyclic) bond motifs is 8. The Bertz CT molecular complexity index is 6570. The minimum atomic E-state index is -4.62. The highest BCUT2D eigenvalue weighted by molar-refractivity contribution is 6.32. The zero-order chi connectivity index (χ0) is 101. The molecule has 8 aromatic heterocycles. The van der Waals surface area contributed by atoms with Crippen LogP contribution in [-0.2, 0) is 86.7 Å². The number of alkyl halides is 16. The first-order valence-electron chi connectivity index (χ1n) is 45.4. The lowest BCUT2D eigenvalue weighted by Gasteiger charge is -2.41. The third-order valence-electron chi connectivity index (χ3n) is 27.5. The van der Waals surface area contributed by atoms with Crippen molar-refractivity contribution in [2.24, 2.45) is 23.7 Å². The van der Waals surface area contributed by atoms with Crippen LogP contribution in [0.15, 0.2) is 91.3 Å². The summed E-state index contributed by atoms with van der Waals surface area (Å²) in [5.41, 5.74) is 5.70. The van der Waals surface area contributed by atoms with Crippen molar-refractivity contribution < 1.29 is 103 Å². The zero-order valence-corrected chi connectivity index (χ0v) is 77.7. The molecule has 750 valence electrons. The third kappa shape index (κ3) is 20.4. The van der Waals surface area contributed by atoms with Crippen molar-refractivity contribution in [2.45, 2.75) is 194 Å². The van der Waals surface area contributed by atoms with Crippen LogP contribution in [0.2, 0.25) is 10.0 Å². The topological polar surface area (TPSA) is 269 Å². The van der Waals surface area contributed by atoms with Crippen LogP contribution in [-0.4, -0.2) is 210 Å². The molecule has 28 nitrogen and oxygen atoms in total. The Morgan fingerprint density at radius 3 is 1.20 bits per heavy atom. The van der Waals surface area contributed by atoms with E-state index >= 15 is 0 Å². The van der Waals surface area contributed by atoms with Crippen LogP contribution in [0.3, 0.4) is 0 Å². The van der Waals surface area contributed by atoms with Gasteiger partial charge >= 0.3 is 36.8 Å². The maximum Gasteiger partial charge on any atom is 0.451 e. The number of hydrogen-bond donors (Lipinski definition) is 0. The van der Waals surface area contributed by atoms with Gasteiger partial charge in [-0.2, -0.15) is 52.7 Å². The number of carbonyl (C=O) groups is 4. The Balaban J connectivity index is 0.000000130. The molecule has 2 unspecified atom stereocenters. The largest absolute Gasteiger partial charge is 0.451 e. The van der Waals surface area contributed by atoms with Gasteiger partial charge in [0.2, 0.25) is 35.1 Å². The average molecular weight is 2030 g/mol. The molecule has 12 aromatic rings. The minimum Gasteiger partial charge on any atom is -0.371 e. The third-order valence-corrected chi connectivity index (χ3v) is 28.0. The van der Waals surface area contributed by atoms with Crippen LogP contribution < -0.4 is 9.80 Å². The standard InChI is InChI=1S/C23H22ClF5N6O.C23H24ClF3N6O.C23H22F6N6O.C23H23F5N6O/c1-12-8-13(19-15-3-2-14(20(25)26)9-17(15)30-10-16(19)24)4-5-34(12)22(36)33-6-7-35-18(11-33)31-32-21(35)23(27,28)29;1-13-11-31(19-9-14(2)28-18-10-15(24)3-4-17(18)19)6-5-16(13)21(34)32-7-8-33-20(12-32)29-30-22(33)23(25,26)27;1-12-8-13(19-15-3-2-14(20(25)26)9-17(15)30-10-16(19)24)4-5-34(12)22(36)33-6-7-35-18(11-33)31-32-21(35)23(27,28)29;1-12-10-32(17-9-13(2)29-20-15(17)3-4-16(24)19(20)25)6-5-14(12)21(35)33-7-8-34-18(11-33)30-31-22(34)23(26,27)28/h2-3,9-10,12-13,20H,4-8,11H2,1H3;3-4,9-10,13,16H,5-8,11-12H2,1-2H3;2-3,9-10,12-13,20H,4-8,11H2,1H3;3-4,9,12,14H,5-8,10-11H2,1-2H3/t12-,13?;13-,16+;12-,13?;12-,14+/m1111/s1. The van der Waals surface area contributed by atoms with Gasteiger partial charge in [-0.05, 0) is 150 Å². The van der Waals surface area contributed by atoms with Gasteiger partial charge in [-0.15, -0.1) is 40.8 Å². The van der Waals surface area contributed by atoms with Crippen molar-refractivity contribution in [1.29, 1.82) is 0 Å². The number of amides is 6. The van der Waals surface area contributed by atoms with Gasteiger partial charge < -0.3 is 57.5 Å². The van der Waals surface area contributed by atoms with E-state index in [0.29, 0.717) is 121 Å². The Labute approximate surface area is 801 Å². The predicted octanol–water partition coefficient (Wildman–Crippen LogP) is 19.0. The number of aromatic nitrogens is 16. The number of urea groups is 2. The zero-order valence-electron chi connectivity index (χ0n) is 76.2. The van der Waals surface area contributed by atoms with Crippen molar-refractivity contribution in [3.8, 4) is 0 Å². The molecule has 6 amide bonds. The summed E-state index contributed by atoms with van der Waals surface area (Å²) in [5, 5.41) is 31.4. The molecule has 16 heterocycles. The minimum absolute atomic E-state index is 0.0133.